The third kappa shape index (κ3) is 7.16. The van der Waals surface area contributed by atoms with Gasteiger partial charge in [0, 0.05) is 40.5 Å². The van der Waals surface area contributed by atoms with E-state index in [0.717, 1.165) is 30.1 Å². The van der Waals surface area contributed by atoms with Crippen molar-refractivity contribution in [1.82, 2.24) is 4.90 Å². The van der Waals surface area contributed by atoms with Crippen LogP contribution in [0.5, 0.6) is 0 Å². The lowest BCUT2D eigenvalue weighted by atomic mass is 9.98. The first-order chi connectivity index (χ1) is 16.5. The molecule has 178 valence electrons. The minimum Gasteiger partial charge on any atom is -0.335 e. The Morgan fingerprint density at radius 3 is 1.91 bits per heavy atom. The zero-order chi connectivity index (χ0) is 23.8. The fourth-order valence-corrected chi connectivity index (χ4v) is 6.83. The van der Waals surface area contributed by atoms with E-state index in [1.807, 2.05) is 29.6 Å². The molecule has 0 aliphatic carbocycles. The van der Waals surface area contributed by atoms with Crippen LogP contribution < -0.4 is 0 Å². The summed E-state index contributed by atoms with van der Waals surface area (Å²) in [7, 11) is 0. The molecular formula is C30H35NOS2. The number of carbonyl (C=O) groups is 1. The maximum absolute atomic E-state index is 13.5. The van der Waals surface area contributed by atoms with Gasteiger partial charge in [0.25, 0.3) is 0 Å². The Morgan fingerprint density at radius 1 is 0.794 bits per heavy atom. The van der Waals surface area contributed by atoms with Crippen LogP contribution in [-0.2, 0) is 22.8 Å². The Kier molecular flexibility index (Phi) is 8.80. The molecule has 34 heavy (non-hydrogen) atoms. The molecule has 1 heterocycles. The van der Waals surface area contributed by atoms with Crippen LogP contribution in [0.15, 0.2) is 91.0 Å². The minimum absolute atomic E-state index is 0.0990. The highest BCUT2D eigenvalue weighted by atomic mass is 32.2. The van der Waals surface area contributed by atoms with Crippen LogP contribution in [0.1, 0.15) is 43.4 Å². The molecule has 2 atom stereocenters. The molecule has 1 aliphatic heterocycles. The fraction of sp³-hybridized carbons (Fsp3) is 0.367. The lowest BCUT2D eigenvalue weighted by molar-refractivity contribution is -0.132. The van der Waals surface area contributed by atoms with Crippen molar-refractivity contribution in [2.45, 2.75) is 55.5 Å². The highest BCUT2D eigenvalue weighted by molar-refractivity contribution is 7.99. The topological polar surface area (TPSA) is 20.3 Å². The first-order valence-electron chi connectivity index (χ1n) is 12.1. The highest BCUT2D eigenvalue weighted by Gasteiger charge is 2.41. The summed E-state index contributed by atoms with van der Waals surface area (Å²) in [6.45, 7) is 5.39. The molecule has 0 aromatic heterocycles. The Balaban J connectivity index is 1.40. The first-order valence-corrected chi connectivity index (χ1v) is 14.3. The Morgan fingerprint density at radius 2 is 1.32 bits per heavy atom. The van der Waals surface area contributed by atoms with Gasteiger partial charge in [0.1, 0.15) is 0 Å². The van der Waals surface area contributed by atoms with E-state index in [1.54, 1.807) is 0 Å². The molecule has 1 amide bonds. The Bertz CT molecular complexity index is 1020. The van der Waals surface area contributed by atoms with Gasteiger partial charge in [0.15, 0.2) is 0 Å². The van der Waals surface area contributed by atoms with Crippen LogP contribution in [0.2, 0.25) is 0 Å². The number of hydrogen-bond donors (Lipinski definition) is 0. The zero-order valence-corrected chi connectivity index (χ0v) is 21.9. The molecule has 4 heteroatoms. The van der Waals surface area contributed by atoms with E-state index < -0.39 is 0 Å². The van der Waals surface area contributed by atoms with Crippen molar-refractivity contribution in [3.05, 3.63) is 108 Å². The van der Waals surface area contributed by atoms with Crippen molar-refractivity contribution in [3.8, 4) is 0 Å². The molecule has 1 fully saturated rings. The van der Waals surface area contributed by atoms with Gasteiger partial charge in [0.05, 0.1) is 0 Å². The van der Waals surface area contributed by atoms with Gasteiger partial charge in [-0.1, -0.05) is 105 Å². The molecule has 1 aliphatic rings. The van der Waals surface area contributed by atoms with Gasteiger partial charge in [-0.25, -0.2) is 0 Å². The number of likely N-dealkylation sites (tertiary alicyclic amines) is 1. The summed E-state index contributed by atoms with van der Waals surface area (Å²) in [6.07, 6.45) is 1.98. The largest absolute Gasteiger partial charge is 0.335 e. The fourth-order valence-electron chi connectivity index (χ4n) is 4.66. The number of rotatable bonds is 11. The number of nitrogens with zero attached hydrogens (tertiary/aromatic N) is 1. The highest BCUT2D eigenvalue weighted by Crippen LogP contribution is 2.39. The summed E-state index contributed by atoms with van der Waals surface area (Å²) in [5.74, 6) is 3.30. The van der Waals surface area contributed by atoms with Crippen LogP contribution in [0.3, 0.4) is 0 Å². The molecule has 0 N–H and O–H groups in total. The molecule has 3 aromatic rings. The van der Waals surface area contributed by atoms with Crippen molar-refractivity contribution in [2.24, 2.45) is 5.92 Å². The van der Waals surface area contributed by atoms with E-state index in [4.69, 9.17) is 0 Å². The lowest BCUT2D eigenvalue weighted by Crippen LogP contribution is -2.37. The van der Waals surface area contributed by atoms with E-state index in [2.05, 4.69) is 104 Å². The molecule has 0 bridgehead atoms. The quantitative estimate of drug-likeness (QED) is 0.279. The van der Waals surface area contributed by atoms with Crippen molar-refractivity contribution in [2.75, 3.05) is 5.75 Å². The van der Waals surface area contributed by atoms with E-state index in [-0.39, 0.29) is 16.7 Å². The van der Waals surface area contributed by atoms with Crippen LogP contribution >= 0.6 is 23.5 Å². The second kappa shape index (κ2) is 12.0. The minimum atomic E-state index is 0.0990. The van der Waals surface area contributed by atoms with Crippen molar-refractivity contribution < 1.29 is 4.79 Å². The summed E-state index contributed by atoms with van der Waals surface area (Å²) < 4.78 is 0.0990. The lowest BCUT2D eigenvalue weighted by Gasteiger charge is -2.32. The van der Waals surface area contributed by atoms with Gasteiger partial charge in [-0.15, -0.1) is 0 Å². The molecule has 3 aromatic carbocycles. The summed E-state index contributed by atoms with van der Waals surface area (Å²) in [6, 6.07) is 32.0. The zero-order valence-electron chi connectivity index (χ0n) is 20.2. The molecule has 0 unspecified atom stereocenters. The Hall–Kier alpha value is -2.17. The molecule has 4 rings (SSSR count). The average Bonchev–Trinajstić information content (AvgIpc) is 3.13. The van der Waals surface area contributed by atoms with E-state index in [9.17, 15) is 4.79 Å². The molecule has 0 spiro atoms. The maximum Gasteiger partial charge on any atom is 0.227 e. The summed E-state index contributed by atoms with van der Waals surface area (Å²) in [5, 5.41) is 0. The monoisotopic (exact) mass is 489 g/mol. The van der Waals surface area contributed by atoms with Gasteiger partial charge in [-0.05, 0) is 29.5 Å². The Labute approximate surface area is 213 Å². The summed E-state index contributed by atoms with van der Waals surface area (Å²) in [5.41, 5.74) is 3.90. The molecule has 0 saturated carbocycles. The van der Waals surface area contributed by atoms with Crippen LogP contribution in [0, 0.1) is 5.92 Å². The van der Waals surface area contributed by atoms with Gasteiger partial charge in [-0.3, -0.25) is 4.79 Å². The van der Waals surface area contributed by atoms with E-state index in [0.29, 0.717) is 12.5 Å². The predicted octanol–water partition coefficient (Wildman–Crippen LogP) is 7.44. The van der Waals surface area contributed by atoms with Gasteiger partial charge in [0.2, 0.25) is 5.91 Å². The smallest absolute Gasteiger partial charge is 0.227 e. The third-order valence-electron chi connectivity index (χ3n) is 6.46. The van der Waals surface area contributed by atoms with Crippen LogP contribution in [-0.4, -0.2) is 27.3 Å². The summed E-state index contributed by atoms with van der Waals surface area (Å²) >= 11 is 3.89. The van der Waals surface area contributed by atoms with Crippen LogP contribution in [0.25, 0.3) is 0 Å². The predicted molar refractivity (Wildman–Crippen MR) is 148 cm³/mol. The molecule has 2 nitrogen and oxygen atoms in total. The number of amides is 1. The van der Waals surface area contributed by atoms with Crippen LogP contribution in [0.4, 0.5) is 0 Å². The SMILES string of the molecule is CC(C)(C[C@@H]1C[C@@H](CSCc2ccccc2)C(=O)N1Cc1ccccc1)SCc1ccccc1. The summed E-state index contributed by atoms with van der Waals surface area (Å²) in [4.78, 5) is 15.7. The normalized spacial score (nSPS) is 18.4. The van der Waals surface area contributed by atoms with Crippen molar-refractivity contribution in [3.63, 3.8) is 0 Å². The molecule has 0 radical (unpaired) electrons. The standard InChI is InChI=1S/C30H35NOS2/c1-30(2,34-22-26-16-10-5-11-17-26)19-28-18-27(23-33-21-25-14-8-4-9-15-25)29(32)31(28)20-24-12-6-3-7-13-24/h3-17,27-28H,18-23H2,1-2H3/t27-,28-/m0/s1. The third-order valence-corrected chi connectivity index (χ3v) is 9.06. The average molecular weight is 490 g/mol. The van der Waals surface area contributed by atoms with Crippen molar-refractivity contribution in [1.29, 1.82) is 0 Å². The van der Waals surface area contributed by atoms with Gasteiger partial charge >= 0.3 is 0 Å². The number of carbonyl (C=O) groups excluding carboxylic acids is 1. The number of hydrogen-bond acceptors (Lipinski definition) is 3. The number of thioether (sulfide) groups is 2. The van der Waals surface area contributed by atoms with E-state index in [1.165, 1.54) is 16.7 Å². The van der Waals surface area contributed by atoms with Gasteiger partial charge in [-0.2, -0.15) is 23.5 Å². The molecular weight excluding hydrogens is 454 g/mol. The molecule has 1 saturated heterocycles. The number of benzene rings is 3. The second-order valence-corrected chi connectivity index (χ2v) is 12.5. The van der Waals surface area contributed by atoms with Gasteiger partial charge < -0.3 is 4.90 Å². The first kappa shape index (κ1) is 24.9. The van der Waals surface area contributed by atoms with Crippen molar-refractivity contribution >= 4 is 29.4 Å². The second-order valence-electron chi connectivity index (χ2n) is 9.78. The van der Waals surface area contributed by atoms with E-state index >= 15 is 0 Å². The maximum atomic E-state index is 13.5.